The van der Waals surface area contributed by atoms with Crippen LogP contribution in [0.3, 0.4) is 0 Å². The van der Waals surface area contributed by atoms with E-state index in [1.165, 1.54) is 11.3 Å². The van der Waals surface area contributed by atoms with E-state index in [-0.39, 0.29) is 5.41 Å². The maximum atomic E-state index is 11.9. The molecule has 2 aliphatic rings. The van der Waals surface area contributed by atoms with Crippen LogP contribution in [0.2, 0.25) is 0 Å². The van der Waals surface area contributed by atoms with Gasteiger partial charge >= 0.3 is 0 Å². The summed E-state index contributed by atoms with van der Waals surface area (Å²) in [6.45, 7) is 9.47. The summed E-state index contributed by atoms with van der Waals surface area (Å²) in [6, 6.07) is 8.25. The lowest BCUT2D eigenvalue weighted by Gasteiger charge is -2.33. The van der Waals surface area contributed by atoms with Crippen molar-refractivity contribution in [2.75, 3.05) is 40.9 Å². The molecular formula is C27H34N6O2S. The van der Waals surface area contributed by atoms with Gasteiger partial charge in [-0.15, -0.1) is 0 Å². The molecule has 36 heavy (non-hydrogen) atoms. The van der Waals surface area contributed by atoms with Gasteiger partial charge in [0.2, 0.25) is 0 Å². The Bertz CT molecular complexity index is 1300. The second-order valence-corrected chi connectivity index (χ2v) is 11.4. The van der Waals surface area contributed by atoms with E-state index in [4.69, 9.17) is 9.72 Å². The van der Waals surface area contributed by atoms with Crippen molar-refractivity contribution in [1.82, 2.24) is 15.0 Å². The molecule has 0 spiro atoms. The predicted molar refractivity (Wildman–Crippen MR) is 146 cm³/mol. The molecule has 5 rings (SSSR count). The first-order valence-electron chi connectivity index (χ1n) is 12.5. The summed E-state index contributed by atoms with van der Waals surface area (Å²) in [5.74, 6) is 2.62. The predicted octanol–water partition coefficient (Wildman–Crippen LogP) is 4.59. The Morgan fingerprint density at radius 1 is 1.17 bits per heavy atom. The molecule has 0 saturated heterocycles. The van der Waals surface area contributed by atoms with Gasteiger partial charge in [0.15, 0.2) is 0 Å². The summed E-state index contributed by atoms with van der Waals surface area (Å²) in [5.41, 5.74) is 6.52. The SMILES string of the molecule is CCNc1ncc(-c2ccc3c(c2)CN(c2ncnc4c2CC(C)(C)CC4)CCO3)cc1NS(C)=O. The zero-order chi connectivity index (χ0) is 25.3. The molecule has 9 heteroatoms. The van der Waals surface area contributed by atoms with Gasteiger partial charge in [-0.3, -0.25) is 0 Å². The number of hydrogen-bond acceptors (Lipinski definition) is 7. The van der Waals surface area contributed by atoms with E-state index in [2.05, 4.69) is 50.9 Å². The van der Waals surface area contributed by atoms with Gasteiger partial charge in [0.1, 0.15) is 41.3 Å². The molecule has 8 nitrogen and oxygen atoms in total. The van der Waals surface area contributed by atoms with Crippen molar-refractivity contribution in [2.24, 2.45) is 5.41 Å². The second-order valence-electron chi connectivity index (χ2n) is 10.3. The Morgan fingerprint density at radius 2 is 2.03 bits per heavy atom. The average molecular weight is 507 g/mol. The first-order valence-corrected chi connectivity index (χ1v) is 14.1. The Kier molecular flexibility index (Phi) is 6.83. The summed E-state index contributed by atoms with van der Waals surface area (Å²) in [7, 11) is -1.20. The summed E-state index contributed by atoms with van der Waals surface area (Å²) in [6.07, 6.45) is 8.30. The minimum absolute atomic E-state index is 0.250. The van der Waals surface area contributed by atoms with Crippen molar-refractivity contribution >= 4 is 28.3 Å². The maximum Gasteiger partial charge on any atom is 0.150 e. The third kappa shape index (κ3) is 5.16. The molecule has 1 aliphatic heterocycles. The number of rotatable bonds is 6. The molecular weight excluding hydrogens is 472 g/mol. The summed E-state index contributed by atoms with van der Waals surface area (Å²) in [5, 5.41) is 3.23. The molecule has 0 bridgehead atoms. The largest absolute Gasteiger partial charge is 0.491 e. The average Bonchev–Trinajstić information content (AvgIpc) is 3.06. The number of benzene rings is 1. The van der Waals surface area contributed by atoms with Crippen molar-refractivity contribution in [2.45, 2.75) is 46.6 Å². The third-order valence-electron chi connectivity index (χ3n) is 6.86. The van der Waals surface area contributed by atoms with Crippen LogP contribution < -0.4 is 19.7 Å². The lowest BCUT2D eigenvalue weighted by molar-refractivity contribution is 0.310. The zero-order valence-electron chi connectivity index (χ0n) is 21.4. The highest BCUT2D eigenvalue weighted by molar-refractivity contribution is 7.85. The number of hydrogen-bond donors (Lipinski definition) is 2. The Labute approximate surface area is 215 Å². The molecule has 2 N–H and O–H groups in total. The fraction of sp³-hybridized carbons (Fsp3) is 0.444. The third-order valence-corrected chi connectivity index (χ3v) is 7.37. The molecule has 0 saturated carbocycles. The van der Waals surface area contributed by atoms with Crippen molar-refractivity contribution < 1.29 is 8.95 Å². The minimum Gasteiger partial charge on any atom is -0.491 e. The van der Waals surface area contributed by atoms with Crippen LogP contribution in [0, 0.1) is 5.41 Å². The van der Waals surface area contributed by atoms with Crippen molar-refractivity contribution in [1.29, 1.82) is 0 Å². The normalized spacial score (nSPS) is 17.3. The van der Waals surface area contributed by atoms with Crippen molar-refractivity contribution in [3.05, 3.63) is 53.6 Å². The number of nitrogens with zero attached hydrogens (tertiary/aromatic N) is 4. The van der Waals surface area contributed by atoms with E-state index in [1.54, 1.807) is 12.6 Å². The molecule has 3 heterocycles. The Hall–Kier alpha value is -3.20. The van der Waals surface area contributed by atoms with Crippen LogP contribution in [0.1, 0.15) is 44.0 Å². The lowest BCUT2D eigenvalue weighted by atomic mass is 9.76. The van der Waals surface area contributed by atoms with Gasteiger partial charge in [0.05, 0.1) is 12.2 Å². The summed E-state index contributed by atoms with van der Waals surface area (Å²) in [4.78, 5) is 16.3. The first-order chi connectivity index (χ1) is 17.3. The number of nitrogens with one attached hydrogen (secondary N) is 2. The Balaban J connectivity index is 1.48. The van der Waals surface area contributed by atoms with E-state index in [9.17, 15) is 4.21 Å². The number of aromatic nitrogens is 3. The van der Waals surface area contributed by atoms with Crippen LogP contribution in [0.4, 0.5) is 17.3 Å². The van der Waals surface area contributed by atoms with Gasteiger partial charge < -0.3 is 19.7 Å². The molecule has 0 amide bonds. The molecule has 1 aromatic carbocycles. The van der Waals surface area contributed by atoms with Gasteiger partial charge in [-0.05, 0) is 55.4 Å². The molecule has 1 unspecified atom stereocenters. The number of pyridine rings is 1. The molecule has 0 radical (unpaired) electrons. The van der Waals surface area contributed by atoms with Gasteiger partial charge in [0, 0.05) is 47.9 Å². The van der Waals surface area contributed by atoms with Crippen LogP contribution in [0.5, 0.6) is 5.75 Å². The van der Waals surface area contributed by atoms with Gasteiger partial charge in [-0.2, -0.15) is 0 Å². The van der Waals surface area contributed by atoms with Gasteiger partial charge in [-0.25, -0.2) is 19.2 Å². The molecule has 0 fully saturated rings. The van der Waals surface area contributed by atoms with Crippen LogP contribution in [0.15, 0.2) is 36.8 Å². The molecule has 2 aromatic heterocycles. The van der Waals surface area contributed by atoms with Crippen LogP contribution in [-0.4, -0.2) is 45.1 Å². The molecule has 1 aliphatic carbocycles. The van der Waals surface area contributed by atoms with Crippen LogP contribution in [0.25, 0.3) is 11.1 Å². The standard InChI is InChI=1S/C27H34N6O2S/c1-5-28-25-23(32-36(4)34)13-19(15-29-25)18-6-7-24-20(12-18)16-33(10-11-35-24)26-21-14-27(2,3)9-8-22(21)30-17-31-26/h6-7,12-13,15,17,32H,5,8-11,14,16H2,1-4H3,(H,28,29). The van der Waals surface area contributed by atoms with Gasteiger partial charge in [-0.1, -0.05) is 19.9 Å². The first kappa shape index (κ1) is 24.5. The number of fused-ring (bicyclic) bond motifs is 2. The van der Waals surface area contributed by atoms with E-state index < -0.39 is 11.0 Å². The number of anilines is 3. The monoisotopic (exact) mass is 506 g/mol. The topological polar surface area (TPSA) is 92.3 Å². The minimum atomic E-state index is -1.20. The van der Waals surface area contributed by atoms with E-state index in [0.717, 1.165) is 66.3 Å². The molecule has 190 valence electrons. The lowest BCUT2D eigenvalue weighted by Crippen LogP contribution is -2.31. The highest BCUT2D eigenvalue weighted by Crippen LogP contribution is 2.39. The number of ether oxygens (including phenoxy) is 1. The van der Waals surface area contributed by atoms with Crippen molar-refractivity contribution in [3.63, 3.8) is 0 Å². The highest BCUT2D eigenvalue weighted by atomic mass is 32.2. The summed E-state index contributed by atoms with van der Waals surface area (Å²) >= 11 is 0. The van der Waals surface area contributed by atoms with Gasteiger partial charge in [0.25, 0.3) is 0 Å². The van der Waals surface area contributed by atoms with E-state index in [1.807, 2.05) is 25.3 Å². The zero-order valence-corrected chi connectivity index (χ0v) is 22.2. The Morgan fingerprint density at radius 3 is 2.83 bits per heavy atom. The van der Waals surface area contributed by atoms with E-state index in [0.29, 0.717) is 19.0 Å². The fourth-order valence-electron chi connectivity index (χ4n) is 5.05. The van der Waals surface area contributed by atoms with E-state index >= 15 is 0 Å². The van der Waals surface area contributed by atoms with Crippen LogP contribution >= 0.6 is 0 Å². The number of aryl methyl sites for hydroxylation is 1. The summed E-state index contributed by atoms with van der Waals surface area (Å²) < 4.78 is 21.0. The van der Waals surface area contributed by atoms with Crippen molar-refractivity contribution in [3.8, 4) is 16.9 Å². The maximum absolute atomic E-state index is 11.9. The quantitative estimate of drug-likeness (QED) is 0.505. The molecule has 3 aromatic rings. The fourth-order valence-corrected chi connectivity index (χ4v) is 5.51. The second kappa shape index (κ2) is 10.0. The smallest absolute Gasteiger partial charge is 0.150 e. The highest BCUT2D eigenvalue weighted by Gasteiger charge is 2.30. The molecule has 1 atom stereocenters. The van der Waals surface area contributed by atoms with Crippen LogP contribution in [-0.2, 0) is 30.4 Å².